The van der Waals surface area contributed by atoms with Crippen LogP contribution in [0.4, 0.5) is 0 Å². The van der Waals surface area contributed by atoms with Crippen LogP contribution in [0.2, 0.25) is 0 Å². The molecule has 8 heteroatoms. The lowest BCUT2D eigenvalue weighted by atomic mass is 10.0. The number of hydrogen-bond donors (Lipinski definition) is 1. The summed E-state index contributed by atoms with van der Waals surface area (Å²) < 4.78 is 28.3. The largest absolute Gasteiger partial charge is 0.348 e. The van der Waals surface area contributed by atoms with Crippen LogP contribution in [-0.4, -0.2) is 61.7 Å². The molecule has 0 spiro atoms. The Morgan fingerprint density at radius 3 is 2.31 bits per heavy atom. The maximum Gasteiger partial charge on any atom is 0.251 e. The van der Waals surface area contributed by atoms with Crippen molar-refractivity contribution in [2.45, 2.75) is 11.4 Å². The molecule has 3 aromatic rings. The van der Waals surface area contributed by atoms with Crippen LogP contribution in [0.5, 0.6) is 0 Å². The van der Waals surface area contributed by atoms with Gasteiger partial charge in [-0.15, -0.1) is 0 Å². The van der Waals surface area contributed by atoms with Crippen LogP contribution >= 0.6 is 0 Å². The van der Waals surface area contributed by atoms with E-state index in [1.165, 1.54) is 10.4 Å². The molecular weight excluding hydrogens is 424 g/mol. The molecule has 4 rings (SSSR count). The average molecular weight is 451 g/mol. The summed E-state index contributed by atoms with van der Waals surface area (Å²) in [4.78, 5) is 19.2. The number of hydrogen-bond acceptors (Lipinski definition) is 5. The standard InChI is InChI=1S/C24H26N4O3S/c1-27-11-13-28(14-12-27)32(30,31)23-16-21(20-5-3-2-4-6-20)15-22(17-23)24(29)26-18-19-7-9-25-10-8-19/h2-10,15-17H,11-14,18H2,1H3,(H,26,29). The van der Waals surface area contributed by atoms with Gasteiger partial charge in [-0.25, -0.2) is 8.42 Å². The Morgan fingerprint density at radius 1 is 0.938 bits per heavy atom. The van der Waals surface area contributed by atoms with Gasteiger partial charge in [-0.2, -0.15) is 4.31 Å². The van der Waals surface area contributed by atoms with Crippen molar-refractivity contribution in [3.8, 4) is 11.1 Å². The normalized spacial score (nSPS) is 15.4. The van der Waals surface area contributed by atoms with Crippen LogP contribution in [-0.2, 0) is 16.6 Å². The SMILES string of the molecule is CN1CCN(S(=O)(=O)c2cc(C(=O)NCc3ccncc3)cc(-c3ccccc3)c2)CC1. The fourth-order valence-electron chi connectivity index (χ4n) is 3.64. The molecule has 0 bridgehead atoms. The second-order valence-corrected chi connectivity index (χ2v) is 9.80. The molecule has 0 atom stereocenters. The van der Waals surface area contributed by atoms with E-state index >= 15 is 0 Å². The molecule has 1 aromatic heterocycles. The van der Waals surface area contributed by atoms with Crippen LogP contribution in [0, 0.1) is 0 Å². The number of rotatable bonds is 6. The van der Waals surface area contributed by atoms with Gasteiger partial charge in [0.2, 0.25) is 10.0 Å². The first-order chi connectivity index (χ1) is 15.4. The maximum atomic E-state index is 13.4. The van der Waals surface area contributed by atoms with Crippen molar-refractivity contribution in [3.05, 3.63) is 84.2 Å². The molecule has 1 amide bonds. The number of carbonyl (C=O) groups excluding carboxylic acids is 1. The Labute approximate surface area is 188 Å². The third kappa shape index (κ3) is 5.04. The summed E-state index contributed by atoms with van der Waals surface area (Å²) in [6.07, 6.45) is 3.33. The number of nitrogens with zero attached hydrogens (tertiary/aromatic N) is 3. The Hall–Kier alpha value is -3.07. The highest BCUT2D eigenvalue weighted by Gasteiger charge is 2.28. The molecule has 0 saturated carbocycles. The summed E-state index contributed by atoms with van der Waals surface area (Å²) in [6.45, 7) is 2.54. The second-order valence-electron chi connectivity index (χ2n) is 7.86. The lowest BCUT2D eigenvalue weighted by molar-refractivity contribution is 0.0950. The third-order valence-electron chi connectivity index (χ3n) is 5.58. The highest BCUT2D eigenvalue weighted by atomic mass is 32.2. The van der Waals surface area contributed by atoms with Gasteiger partial charge in [0.05, 0.1) is 4.90 Å². The molecular formula is C24H26N4O3S. The number of likely N-dealkylation sites (N-methyl/N-ethyl adjacent to an activating group) is 1. The molecule has 1 N–H and O–H groups in total. The van der Waals surface area contributed by atoms with Gasteiger partial charge < -0.3 is 10.2 Å². The summed E-state index contributed by atoms with van der Waals surface area (Å²) >= 11 is 0. The van der Waals surface area contributed by atoms with Crippen LogP contribution in [0.1, 0.15) is 15.9 Å². The van der Waals surface area contributed by atoms with Crippen LogP contribution < -0.4 is 5.32 Å². The number of nitrogens with one attached hydrogen (secondary N) is 1. The van der Waals surface area contributed by atoms with Crippen molar-refractivity contribution >= 4 is 15.9 Å². The van der Waals surface area contributed by atoms with Gasteiger partial charge in [0.1, 0.15) is 0 Å². The molecule has 32 heavy (non-hydrogen) atoms. The van der Waals surface area contributed by atoms with E-state index in [9.17, 15) is 13.2 Å². The molecule has 1 saturated heterocycles. The second kappa shape index (κ2) is 9.60. The van der Waals surface area contributed by atoms with Gasteiger partial charge in [-0.1, -0.05) is 30.3 Å². The van der Waals surface area contributed by atoms with Crippen LogP contribution in [0.15, 0.2) is 78.0 Å². The Kier molecular flexibility index (Phi) is 6.64. The minimum atomic E-state index is -3.72. The third-order valence-corrected chi connectivity index (χ3v) is 7.45. The first kappa shape index (κ1) is 22.1. The van der Waals surface area contributed by atoms with Crippen molar-refractivity contribution in [1.82, 2.24) is 19.5 Å². The van der Waals surface area contributed by atoms with E-state index in [2.05, 4.69) is 15.2 Å². The predicted molar refractivity (Wildman–Crippen MR) is 124 cm³/mol. The zero-order chi connectivity index (χ0) is 22.6. The van der Waals surface area contributed by atoms with Gasteiger partial charge in [-0.05, 0) is 54.1 Å². The smallest absolute Gasteiger partial charge is 0.251 e. The van der Waals surface area contributed by atoms with Crippen molar-refractivity contribution < 1.29 is 13.2 Å². The lowest BCUT2D eigenvalue weighted by Gasteiger charge is -2.31. The molecule has 7 nitrogen and oxygen atoms in total. The summed E-state index contributed by atoms with van der Waals surface area (Å²) in [7, 11) is -1.74. The highest BCUT2D eigenvalue weighted by Crippen LogP contribution is 2.27. The van der Waals surface area contributed by atoms with Crippen molar-refractivity contribution in [3.63, 3.8) is 0 Å². The first-order valence-electron chi connectivity index (χ1n) is 10.5. The quantitative estimate of drug-likeness (QED) is 0.624. The fourth-order valence-corrected chi connectivity index (χ4v) is 5.13. The molecule has 2 heterocycles. The van der Waals surface area contributed by atoms with E-state index in [0.717, 1.165) is 11.1 Å². The molecule has 166 valence electrons. The fraction of sp³-hybridized carbons (Fsp3) is 0.250. The Morgan fingerprint density at radius 2 is 1.62 bits per heavy atom. The van der Waals surface area contributed by atoms with E-state index < -0.39 is 10.0 Å². The van der Waals surface area contributed by atoms with Gasteiger partial charge >= 0.3 is 0 Å². The number of carbonyl (C=O) groups is 1. The molecule has 0 radical (unpaired) electrons. The minimum Gasteiger partial charge on any atom is -0.348 e. The van der Waals surface area contributed by atoms with Crippen molar-refractivity contribution in [2.75, 3.05) is 33.2 Å². The summed E-state index contributed by atoms with van der Waals surface area (Å²) in [6, 6.07) is 18.0. The molecule has 2 aromatic carbocycles. The molecule has 1 fully saturated rings. The summed E-state index contributed by atoms with van der Waals surface area (Å²) in [5.41, 5.74) is 2.77. The Balaban J connectivity index is 1.67. The maximum absolute atomic E-state index is 13.4. The summed E-state index contributed by atoms with van der Waals surface area (Å²) in [5.74, 6) is -0.325. The predicted octanol–water partition coefficient (Wildman–Crippen LogP) is 2.61. The van der Waals surface area contributed by atoms with Crippen molar-refractivity contribution in [1.29, 1.82) is 0 Å². The van der Waals surface area contributed by atoms with Gasteiger partial charge in [0, 0.05) is 50.7 Å². The summed E-state index contributed by atoms with van der Waals surface area (Å²) in [5, 5.41) is 2.88. The van der Waals surface area contributed by atoms with Crippen LogP contribution in [0.3, 0.4) is 0 Å². The molecule has 0 unspecified atom stereocenters. The van der Waals surface area contributed by atoms with Crippen LogP contribution in [0.25, 0.3) is 11.1 Å². The zero-order valence-corrected chi connectivity index (χ0v) is 18.8. The zero-order valence-electron chi connectivity index (χ0n) is 17.9. The molecule has 0 aliphatic carbocycles. The van der Waals surface area contributed by atoms with Gasteiger partial charge in [0.15, 0.2) is 0 Å². The number of pyridine rings is 1. The van der Waals surface area contributed by atoms with E-state index in [-0.39, 0.29) is 10.8 Å². The van der Waals surface area contributed by atoms with Crippen molar-refractivity contribution in [2.24, 2.45) is 0 Å². The molecule has 1 aliphatic rings. The first-order valence-corrected chi connectivity index (χ1v) is 11.9. The average Bonchev–Trinajstić information content (AvgIpc) is 2.83. The van der Waals surface area contributed by atoms with Gasteiger partial charge in [-0.3, -0.25) is 9.78 Å². The van der Waals surface area contributed by atoms with E-state index in [1.807, 2.05) is 49.5 Å². The number of sulfonamides is 1. The number of amides is 1. The van der Waals surface area contributed by atoms with E-state index in [4.69, 9.17) is 0 Å². The van der Waals surface area contributed by atoms with E-state index in [0.29, 0.717) is 43.9 Å². The minimum absolute atomic E-state index is 0.137. The van der Waals surface area contributed by atoms with Gasteiger partial charge in [0.25, 0.3) is 5.91 Å². The highest BCUT2D eigenvalue weighted by molar-refractivity contribution is 7.89. The topological polar surface area (TPSA) is 82.6 Å². The number of piperazine rings is 1. The monoisotopic (exact) mass is 450 g/mol. The van der Waals surface area contributed by atoms with E-state index in [1.54, 1.807) is 24.5 Å². The number of benzene rings is 2. The molecule has 1 aliphatic heterocycles. The Bertz CT molecular complexity index is 1180. The number of aromatic nitrogens is 1. The lowest BCUT2D eigenvalue weighted by Crippen LogP contribution is -2.47.